The molecule has 2 aliphatic rings. The Morgan fingerprint density at radius 1 is 0.964 bits per heavy atom. The van der Waals surface area contributed by atoms with E-state index in [2.05, 4.69) is 41.0 Å². The molecule has 0 spiro atoms. The molecule has 28 heavy (non-hydrogen) atoms. The molecular weight excluding hydrogens is 350 g/mol. The van der Waals surface area contributed by atoms with Gasteiger partial charge in [0.1, 0.15) is 17.2 Å². The quantitative estimate of drug-likeness (QED) is 0.751. The van der Waals surface area contributed by atoms with E-state index >= 15 is 0 Å². The Kier molecular flexibility index (Phi) is 4.45. The Labute approximate surface area is 165 Å². The van der Waals surface area contributed by atoms with Crippen molar-refractivity contribution < 1.29 is 4.84 Å². The molecule has 6 heteroatoms. The number of anilines is 2. The van der Waals surface area contributed by atoms with Gasteiger partial charge in [-0.1, -0.05) is 0 Å². The zero-order valence-corrected chi connectivity index (χ0v) is 16.6. The van der Waals surface area contributed by atoms with Crippen molar-refractivity contribution in [1.29, 1.82) is 0 Å². The number of pyridine rings is 1. The van der Waals surface area contributed by atoms with Gasteiger partial charge in [0, 0.05) is 36.9 Å². The molecule has 1 aromatic carbocycles. The molecule has 3 heterocycles. The van der Waals surface area contributed by atoms with Gasteiger partial charge in [-0.15, -0.1) is 5.06 Å². The van der Waals surface area contributed by atoms with Crippen LogP contribution >= 0.6 is 0 Å². The first-order valence-electron chi connectivity index (χ1n) is 10.1. The van der Waals surface area contributed by atoms with Gasteiger partial charge in [0.2, 0.25) is 0 Å². The maximum absolute atomic E-state index is 5.92. The lowest BCUT2D eigenvalue weighted by atomic mass is 9.96. The van der Waals surface area contributed by atoms with Crippen LogP contribution in [0.3, 0.4) is 0 Å². The number of rotatable bonds is 4. The van der Waals surface area contributed by atoms with E-state index in [0.717, 1.165) is 42.7 Å². The summed E-state index contributed by atoms with van der Waals surface area (Å²) in [7, 11) is 4.24. The van der Waals surface area contributed by atoms with Crippen molar-refractivity contribution in [2.75, 3.05) is 32.1 Å². The average molecular weight is 377 g/mol. The molecule has 1 fully saturated rings. The second-order valence-electron chi connectivity index (χ2n) is 7.93. The van der Waals surface area contributed by atoms with Crippen LogP contribution in [0.4, 0.5) is 11.5 Å². The van der Waals surface area contributed by atoms with E-state index in [1.165, 1.54) is 42.3 Å². The Bertz CT molecular complexity index is 994. The van der Waals surface area contributed by atoms with Gasteiger partial charge in [0.15, 0.2) is 0 Å². The summed E-state index contributed by atoms with van der Waals surface area (Å²) >= 11 is 0. The molecule has 1 N–H and O–H groups in total. The van der Waals surface area contributed by atoms with Crippen LogP contribution in [0.15, 0.2) is 36.4 Å². The maximum atomic E-state index is 5.92. The highest BCUT2D eigenvalue weighted by Crippen LogP contribution is 2.31. The van der Waals surface area contributed by atoms with Crippen molar-refractivity contribution in [1.82, 2.24) is 19.5 Å². The zero-order valence-electron chi connectivity index (χ0n) is 16.6. The van der Waals surface area contributed by atoms with Gasteiger partial charge in [-0.2, -0.15) is 0 Å². The monoisotopic (exact) mass is 377 g/mol. The van der Waals surface area contributed by atoms with Gasteiger partial charge in [0.25, 0.3) is 0 Å². The van der Waals surface area contributed by atoms with Crippen LogP contribution in [0.5, 0.6) is 5.75 Å². The number of hydrogen-bond donors (Lipinski definition) is 1. The molecule has 0 atom stereocenters. The van der Waals surface area contributed by atoms with Gasteiger partial charge in [-0.3, -0.25) is 4.90 Å². The van der Waals surface area contributed by atoms with Crippen LogP contribution in [0, 0.1) is 0 Å². The van der Waals surface area contributed by atoms with Crippen LogP contribution in [0.25, 0.3) is 11.0 Å². The summed E-state index contributed by atoms with van der Waals surface area (Å²) < 4.78 is 2.28. The normalized spacial score (nSPS) is 17.8. The molecule has 0 radical (unpaired) electrons. The fourth-order valence-corrected chi connectivity index (χ4v) is 4.35. The molecule has 0 saturated carbocycles. The summed E-state index contributed by atoms with van der Waals surface area (Å²) in [4.78, 5) is 13.0. The van der Waals surface area contributed by atoms with E-state index < -0.39 is 0 Å². The fourth-order valence-electron chi connectivity index (χ4n) is 4.35. The minimum atomic E-state index is 0.838. The number of nitrogens with one attached hydrogen (secondary N) is 1. The van der Waals surface area contributed by atoms with Gasteiger partial charge in [0.05, 0.1) is 6.67 Å². The average Bonchev–Trinajstić information content (AvgIpc) is 3.25. The first-order chi connectivity index (χ1) is 13.7. The standard InChI is InChI=1S/C22H27N5O/c1-25-13-14-27(15-25)28-17-9-7-16(8-10-17)23-21-12-11-19-18-5-3-4-6-20(18)26(2)22(19)24-21/h7-12H,3-6,13-15H2,1-2H3,(H,23,24). The number of hydroxylamine groups is 2. The van der Waals surface area contributed by atoms with E-state index in [4.69, 9.17) is 9.82 Å². The van der Waals surface area contributed by atoms with Crippen molar-refractivity contribution in [3.05, 3.63) is 47.7 Å². The van der Waals surface area contributed by atoms with Crippen LogP contribution in [-0.2, 0) is 19.9 Å². The van der Waals surface area contributed by atoms with E-state index in [1.54, 1.807) is 0 Å². The third-order valence-electron chi connectivity index (χ3n) is 5.85. The predicted molar refractivity (Wildman–Crippen MR) is 112 cm³/mol. The topological polar surface area (TPSA) is 45.6 Å². The highest BCUT2D eigenvalue weighted by Gasteiger charge is 2.19. The lowest BCUT2D eigenvalue weighted by Crippen LogP contribution is -2.26. The minimum absolute atomic E-state index is 0.838. The van der Waals surface area contributed by atoms with Gasteiger partial charge in [-0.25, -0.2) is 4.98 Å². The first-order valence-corrected chi connectivity index (χ1v) is 10.1. The van der Waals surface area contributed by atoms with Gasteiger partial charge >= 0.3 is 0 Å². The summed E-state index contributed by atoms with van der Waals surface area (Å²) in [5, 5.41) is 6.72. The summed E-state index contributed by atoms with van der Waals surface area (Å²) in [6.07, 6.45) is 4.91. The van der Waals surface area contributed by atoms with E-state index in [9.17, 15) is 0 Å². The zero-order chi connectivity index (χ0) is 19.1. The van der Waals surface area contributed by atoms with Crippen molar-refractivity contribution in [2.24, 2.45) is 7.05 Å². The highest BCUT2D eigenvalue weighted by atomic mass is 16.7. The number of likely N-dealkylation sites (N-methyl/N-ethyl adjacent to an activating group) is 1. The summed E-state index contributed by atoms with van der Waals surface area (Å²) in [6.45, 7) is 2.81. The molecule has 0 amide bonds. The second-order valence-corrected chi connectivity index (χ2v) is 7.93. The lowest BCUT2D eigenvalue weighted by Gasteiger charge is -2.16. The number of hydrogen-bond acceptors (Lipinski definition) is 5. The summed E-state index contributed by atoms with van der Waals surface area (Å²) in [5.74, 6) is 1.74. The Hall–Kier alpha value is -2.57. The van der Waals surface area contributed by atoms with E-state index in [1.807, 2.05) is 29.3 Å². The van der Waals surface area contributed by atoms with Gasteiger partial charge in [-0.05, 0) is 74.7 Å². The Balaban J connectivity index is 1.33. The third-order valence-corrected chi connectivity index (χ3v) is 5.85. The fraction of sp³-hybridized carbons (Fsp3) is 0.409. The SMILES string of the molecule is CN1CCN(Oc2ccc(Nc3ccc4c5c(n(C)c4n3)CCCC5)cc2)C1. The molecule has 1 aliphatic carbocycles. The van der Waals surface area contributed by atoms with Crippen molar-refractivity contribution >= 4 is 22.5 Å². The molecule has 146 valence electrons. The van der Waals surface area contributed by atoms with E-state index in [0.29, 0.717) is 0 Å². The molecule has 6 nitrogen and oxygen atoms in total. The smallest absolute Gasteiger partial charge is 0.147 e. The largest absolute Gasteiger partial charge is 0.405 e. The Morgan fingerprint density at radius 3 is 2.57 bits per heavy atom. The van der Waals surface area contributed by atoms with Crippen LogP contribution < -0.4 is 10.2 Å². The highest BCUT2D eigenvalue weighted by molar-refractivity contribution is 5.84. The Morgan fingerprint density at radius 2 is 1.79 bits per heavy atom. The molecular formula is C22H27N5O. The molecule has 1 saturated heterocycles. The molecule has 0 unspecified atom stereocenters. The number of fused-ring (bicyclic) bond motifs is 3. The van der Waals surface area contributed by atoms with Crippen LogP contribution in [0.1, 0.15) is 24.1 Å². The first kappa shape index (κ1) is 17.5. The molecule has 5 rings (SSSR count). The van der Waals surface area contributed by atoms with Crippen molar-refractivity contribution in [3.63, 3.8) is 0 Å². The number of benzene rings is 1. The van der Waals surface area contributed by atoms with Crippen LogP contribution in [-0.4, -0.2) is 46.3 Å². The summed E-state index contributed by atoms with van der Waals surface area (Å²) in [6, 6.07) is 12.4. The lowest BCUT2D eigenvalue weighted by molar-refractivity contribution is -0.0464. The number of nitrogens with zero attached hydrogens (tertiary/aromatic N) is 4. The van der Waals surface area contributed by atoms with Crippen molar-refractivity contribution in [2.45, 2.75) is 25.7 Å². The predicted octanol–water partition coefficient (Wildman–Crippen LogP) is 3.69. The number of aromatic nitrogens is 2. The molecule has 3 aromatic rings. The third kappa shape index (κ3) is 3.23. The van der Waals surface area contributed by atoms with Crippen LogP contribution in [0.2, 0.25) is 0 Å². The second kappa shape index (κ2) is 7.11. The molecule has 2 aromatic heterocycles. The minimum Gasteiger partial charge on any atom is -0.405 e. The summed E-state index contributed by atoms with van der Waals surface area (Å²) in [5.41, 5.74) is 5.04. The van der Waals surface area contributed by atoms with Gasteiger partial charge < -0.3 is 14.7 Å². The maximum Gasteiger partial charge on any atom is 0.147 e. The van der Waals surface area contributed by atoms with E-state index in [-0.39, 0.29) is 0 Å². The van der Waals surface area contributed by atoms with Crippen molar-refractivity contribution in [3.8, 4) is 5.75 Å². The molecule has 0 bridgehead atoms. The number of aryl methyl sites for hydroxylation is 2. The molecule has 1 aliphatic heterocycles.